The molecule has 0 aromatic heterocycles. The van der Waals surface area contributed by atoms with Crippen molar-refractivity contribution in [3.05, 3.63) is 0 Å². The molecule has 0 aromatic carbocycles. The van der Waals surface area contributed by atoms with Crippen molar-refractivity contribution in [3.63, 3.8) is 0 Å². The van der Waals surface area contributed by atoms with E-state index in [1.54, 1.807) is 4.90 Å². The van der Waals surface area contributed by atoms with E-state index in [1.165, 1.54) is 0 Å². The fraction of sp³-hybridized carbons (Fsp3) is 0.875. The van der Waals surface area contributed by atoms with Crippen LogP contribution in [0.5, 0.6) is 0 Å². The Kier molecular flexibility index (Phi) is 5.91. The van der Waals surface area contributed by atoms with Crippen LogP contribution in [0.4, 0.5) is 0 Å². The third-order valence-electron chi connectivity index (χ3n) is 5.32. The van der Waals surface area contributed by atoms with Crippen LogP contribution in [0.15, 0.2) is 0 Å². The lowest BCUT2D eigenvalue weighted by Gasteiger charge is -2.44. The lowest BCUT2D eigenvalue weighted by atomic mass is 9.87. The van der Waals surface area contributed by atoms with Gasteiger partial charge in [-0.05, 0) is 18.8 Å². The summed E-state index contributed by atoms with van der Waals surface area (Å²) in [4.78, 5) is 25.9. The van der Waals surface area contributed by atoms with Crippen LogP contribution in [0.1, 0.15) is 46.0 Å². The maximum absolute atomic E-state index is 12.5. The molecule has 24 heavy (non-hydrogen) atoms. The molecule has 2 aliphatic rings. The first kappa shape index (κ1) is 19.2. The standard InChI is InChI=1S/C16H29N3O4S/c1-12(2)14(17)15(21)18-10-13(20)19-8-9-24(22,23)16(11-19)6-4-3-5-7-16/h12,14H,3-11,17H2,1-2H3,(H,18,21)/t14-/m0/s1. The zero-order valence-electron chi connectivity index (χ0n) is 14.6. The van der Waals surface area contributed by atoms with Gasteiger partial charge in [0.15, 0.2) is 9.84 Å². The van der Waals surface area contributed by atoms with E-state index in [0.29, 0.717) is 12.8 Å². The van der Waals surface area contributed by atoms with Crippen molar-refractivity contribution in [2.45, 2.75) is 56.7 Å². The minimum Gasteiger partial charge on any atom is -0.346 e. The monoisotopic (exact) mass is 359 g/mol. The molecule has 1 spiro atoms. The molecule has 0 aromatic rings. The highest BCUT2D eigenvalue weighted by atomic mass is 32.2. The second kappa shape index (κ2) is 7.39. The van der Waals surface area contributed by atoms with Crippen LogP contribution in [-0.2, 0) is 19.4 Å². The van der Waals surface area contributed by atoms with Crippen LogP contribution in [0.3, 0.4) is 0 Å². The molecule has 2 fully saturated rings. The lowest BCUT2D eigenvalue weighted by molar-refractivity contribution is -0.133. The zero-order chi connectivity index (χ0) is 18.0. The highest BCUT2D eigenvalue weighted by Crippen LogP contribution is 2.38. The molecule has 0 bridgehead atoms. The topological polar surface area (TPSA) is 110 Å². The number of amides is 2. The first-order chi connectivity index (χ1) is 11.2. The van der Waals surface area contributed by atoms with Gasteiger partial charge >= 0.3 is 0 Å². The van der Waals surface area contributed by atoms with E-state index in [-0.39, 0.29) is 43.1 Å². The van der Waals surface area contributed by atoms with E-state index in [9.17, 15) is 18.0 Å². The molecule has 1 saturated heterocycles. The van der Waals surface area contributed by atoms with E-state index in [4.69, 9.17) is 5.73 Å². The van der Waals surface area contributed by atoms with Crippen molar-refractivity contribution in [2.24, 2.45) is 11.7 Å². The molecule has 1 saturated carbocycles. The molecular weight excluding hydrogens is 330 g/mol. The third kappa shape index (κ3) is 3.91. The van der Waals surface area contributed by atoms with Gasteiger partial charge in [-0.2, -0.15) is 0 Å². The van der Waals surface area contributed by atoms with E-state index < -0.39 is 20.6 Å². The summed E-state index contributed by atoms with van der Waals surface area (Å²) >= 11 is 0. The van der Waals surface area contributed by atoms with Crippen LogP contribution in [0, 0.1) is 5.92 Å². The Labute approximate surface area is 144 Å². The molecule has 1 aliphatic carbocycles. The Balaban J connectivity index is 1.97. The van der Waals surface area contributed by atoms with Crippen molar-refractivity contribution < 1.29 is 18.0 Å². The van der Waals surface area contributed by atoms with Crippen LogP contribution in [0.2, 0.25) is 0 Å². The summed E-state index contributed by atoms with van der Waals surface area (Å²) in [6.45, 7) is 4.01. The lowest BCUT2D eigenvalue weighted by Crippen LogP contribution is -2.59. The maximum atomic E-state index is 12.5. The van der Waals surface area contributed by atoms with Gasteiger partial charge in [0.2, 0.25) is 11.8 Å². The molecule has 0 unspecified atom stereocenters. The van der Waals surface area contributed by atoms with Gasteiger partial charge in [-0.1, -0.05) is 33.1 Å². The van der Waals surface area contributed by atoms with Crippen molar-refractivity contribution >= 4 is 21.7 Å². The molecule has 138 valence electrons. The van der Waals surface area contributed by atoms with Gasteiger partial charge in [-0.15, -0.1) is 0 Å². The van der Waals surface area contributed by atoms with Gasteiger partial charge in [0.25, 0.3) is 0 Å². The smallest absolute Gasteiger partial charge is 0.242 e. The number of nitrogens with zero attached hydrogens (tertiary/aromatic N) is 1. The summed E-state index contributed by atoms with van der Waals surface area (Å²) in [5, 5.41) is 2.57. The van der Waals surface area contributed by atoms with Gasteiger partial charge in [0.1, 0.15) is 0 Å². The Morgan fingerprint density at radius 3 is 2.42 bits per heavy atom. The molecule has 2 amide bonds. The summed E-state index contributed by atoms with van der Waals surface area (Å²) in [7, 11) is -3.17. The number of carbonyl (C=O) groups is 2. The molecule has 8 heteroatoms. The SMILES string of the molecule is CC(C)[C@H](N)C(=O)NCC(=O)N1CCS(=O)(=O)C2(CCCCC2)C1. The number of hydrogen-bond acceptors (Lipinski definition) is 5. The van der Waals surface area contributed by atoms with Gasteiger partial charge in [-0.25, -0.2) is 8.42 Å². The van der Waals surface area contributed by atoms with Crippen molar-refractivity contribution in [2.75, 3.05) is 25.4 Å². The van der Waals surface area contributed by atoms with E-state index in [2.05, 4.69) is 5.32 Å². The quantitative estimate of drug-likeness (QED) is 0.737. The Hall–Kier alpha value is -1.15. The average Bonchev–Trinajstić information content (AvgIpc) is 2.55. The molecule has 2 rings (SSSR count). The first-order valence-electron chi connectivity index (χ1n) is 8.72. The van der Waals surface area contributed by atoms with Crippen LogP contribution >= 0.6 is 0 Å². The molecule has 0 radical (unpaired) electrons. The predicted octanol–water partition coefficient (Wildman–Crippen LogP) is 0.0458. The third-order valence-corrected chi connectivity index (χ3v) is 7.90. The van der Waals surface area contributed by atoms with Crippen molar-refractivity contribution in [1.82, 2.24) is 10.2 Å². The van der Waals surface area contributed by atoms with Crippen molar-refractivity contribution in [3.8, 4) is 0 Å². The summed E-state index contributed by atoms with van der Waals surface area (Å²) < 4.78 is 24.3. The summed E-state index contributed by atoms with van der Waals surface area (Å²) in [6, 6.07) is -0.649. The van der Waals surface area contributed by atoms with E-state index >= 15 is 0 Å². The summed E-state index contributed by atoms with van der Waals surface area (Å²) in [6.07, 6.45) is 4.09. The van der Waals surface area contributed by atoms with Crippen LogP contribution < -0.4 is 11.1 Å². The van der Waals surface area contributed by atoms with E-state index in [1.807, 2.05) is 13.8 Å². The van der Waals surface area contributed by atoms with E-state index in [0.717, 1.165) is 19.3 Å². The normalized spacial score (nSPS) is 23.9. The minimum absolute atomic E-state index is 0.00857. The minimum atomic E-state index is -3.17. The number of nitrogens with two attached hydrogens (primary N) is 1. The predicted molar refractivity (Wildman–Crippen MR) is 92.0 cm³/mol. The molecule has 3 N–H and O–H groups in total. The van der Waals surface area contributed by atoms with Gasteiger partial charge in [0.05, 0.1) is 23.1 Å². The number of hydrogen-bond donors (Lipinski definition) is 2. The van der Waals surface area contributed by atoms with Gasteiger partial charge in [0, 0.05) is 13.1 Å². The number of rotatable bonds is 4. The fourth-order valence-electron chi connectivity index (χ4n) is 3.55. The molecular formula is C16H29N3O4S. The highest BCUT2D eigenvalue weighted by molar-refractivity contribution is 7.92. The van der Waals surface area contributed by atoms with Crippen LogP contribution in [-0.4, -0.2) is 61.3 Å². The fourth-order valence-corrected chi connectivity index (χ4v) is 5.70. The molecule has 1 aliphatic heterocycles. The van der Waals surface area contributed by atoms with Crippen LogP contribution in [0.25, 0.3) is 0 Å². The zero-order valence-corrected chi connectivity index (χ0v) is 15.4. The Bertz CT molecular complexity index is 582. The van der Waals surface area contributed by atoms with Gasteiger partial charge in [-0.3, -0.25) is 9.59 Å². The van der Waals surface area contributed by atoms with Crippen molar-refractivity contribution in [1.29, 1.82) is 0 Å². The highest BCUT2D eigenvalue weighted by Gasteiger charge is 2.49. The largest absolute Gasteiger partial charge is 0.346 e. The number of sulfone groups is 1. The second-order valence-corrected chi connectivity index (χ2v) is 9.87. The Morgan fingerprint density at radius 1 is 1.21 bits per heavy atom. The molecule has 7 nitrogen and oxygen atoms in total. The Morgan fingerprint density at radius 2 is 1.83 bits per heavy atom. The summed E-state index contributed by atoms with van der Waals surface area (Å²) in [5.41, 5.74) is 5.76. The van der Waals surface area contributed by atoms with Gasteiger partial charge < -0.3 is 16.0 Å². The maximum Gasteiger partial charge on any atom is 0.242 e. The summed E-state index contributed by atoms with van der Waals surface area (Å²) in [5.74, 6) is -0.585. The molecule has 1 heterocycles. The molecule has 1 atom stereocenters. The average molecular weight is 359 g/mol. The number of carbonyl (C=O) groups excluding carboxylic acids is 2. The number of nitrogens with one attached hydrogen (secondary N) is 1. The second-order valence-electron chi connectivity index (χ2n) is 7.37. The first-order valence-corrected chi connectivity index (χ1v) is 10.4.